The molecule has 4 heteroatoms. The smallest absolute Gasteiger partial charge is 0.0846 e. The Morgan fingerprint density at radius 3 is 2.76 bits per heavy atom. The number of hydrogen-bond acceptors (Lipinski definition) is 3. The largest absolute Gasteiger partial charge is 0.398 e. The quantitative estimate of drug-likeness (QED) is 0.878. The summed E-state index contributed by atoms with van der Waals surface area (Å²) < 4.78 is 0. The molecule has 0 spiro atoms. The number of hydrogen-bond donors (Lipinski definition) is 2. The zero-order chi connectivity index (χ0) is 12.3. The van der Waals surface area contributed by atoms with Crippen LogP contribution in [0.3, 0.4) is 0 Å². The topological polar surface area (TPSA) is 59.1 Å². The van der Waals surface area contributed by atoms with Gasteiger partial charge in [0, 0.05) is 29.5 Å². The zero-order valence-corrected chi connectivity index (χ0v) is 9.93. The van der Waals surface area contributed by atoms with Gasteiger partial charge < -0.3 is 10.8 Å². The summed E-state index contributed by atoms with van der Waals surface area (Å²) in [6, 6.07) is 8.95. The minimum atomic E-state index is -0.671. The summed E-state index contributed by atoms with van der Waals surface area (Å²) in [5.41, 5.74) is 7.96. The van der Waals surface area contributed by atoms with Crippen LogP contribution in [0.25, 0.3) is 0 Å². The van der Waals surface area contributed by atoms with Gasteiger partial charge in [0.05, 0.1) is 6.10 Å². The molecule has 17 heavy (non-hydrogen) atoms. The molecule has 0 saturated heterocycles. The molecular formula is C13H13ClN2O. The zero-order valence-electron chi connectivity index (χ0n) is 9.18. The van der Waals surface area contributed by atoms with E-state index in [4.69, 9.17) is 17.3 Å². The lowest BCUT2D eigenvalue weighted by Gasteiger charge is -2.13. The Kier molecular flexibility index (Phi) is 3.61. The minimum absolute atomic E-state index is 0.406. The Balaban J connectivity index is 2.20. The third-order valence-electron chi connectivity index (χ3n) is 2.62. The van der Waals surface area contributed by atoms with Gasteiger partial charge in [0.2, 0.25) is 0 Å². The number of nitrogen functional groups attached to an aromatic ring is 1. The lowest BCUT2D eigenvalue weighted by molar-refractivity contribution is 0.178. The highest BCUT2D eigenvalue weighted by molar-refractivity contribution is 6.31. The maximum Gasteiger partial charge on any atom is 0.0846 e. The fraction of sp³-hybridized carbons (Fsp3) is 0.154. The number of nitrogens with zero attached hydrogens (tertiary/aromatic N) is 1. The van der Waals surface area contributed by atoms with Crippen molar-refractivity contribution in [2.75, 3.05) is 5.73 Å². The van der Waals surface area contributed by atoms with E-state index in [1.54, 1.807) is 30.6 Å². The monoisotopic (exact) mass is 248 g/mol. The van der Waals surface area contributed by atoms with E-state index >= 15 is 0 Å². The van der Waals surface area contributed by atoms with Gasteiger partial charge in [0.25, 0.3) is 0 Å². The molecule has 3 N–H and O–H groups in total. The molecule has 0 amide bonds. The summed E-state index contributed by atoms with van der Waals surface area (Å²) >= 11 is 6.02. The summed E-state index contributed by atoms with van der Waals surface area (Å²) in [6.07, 6.45) is 3.02. The van der Waals surface area contributed by atoms with Crippen LogP contribution in [0.1, 0.15) is 17.2 Å². The van der Waals surface area contributed by atoms with Crippen LogP contribution < -0.4 is 5.73 Å². The number of benzene rings is 1. The summed E-state index contributed by atoms with van der Waals surface area (Å²) in [6.45, 7) is 0. The van der Waals surface area contributed by atoms with Crippen LogP contribution in [0.2, 0.25) is 5.02 Å². The van der Waals surface area contributed by atoms with E-state index < -0.39 is 6.10 Å². The summed E-state index contributed by atoms with van der Waals surface area (Å²) in [4.78, 5) is 3.99. The first kappa shape index (κ1) is 11.9. The van der Waals surface area contributed by atoms with Crippen LogP contribution in [0.5, 0.6) is 0 Å². The molecule has 3 nitrogen and oxygen atoms in total. The average Bonchev–Trinajstić information content (AvgIpc) is 2.32. The molecule has 1 aromatic carbocycles. The van der Waals surface area contributed by atoms with Crippen molar-refractivity contribution >= 4 is 17.3 Å². The maximum absolute atomic E-state index is 10.1. The van der Waals surface area contributed by atoms with Gasteiger partial charge in [0.15, 0.2) is 0 Å². The van der Waals surface area contributed by atoms with Gasteiger partial charge in [-0.05, 0) is 23.3 Å². The van der Waals surface area contributed by atoms with Crippen molar-refractivity contribution in [3.63, 3.8) is 0 Å². The third kappa shape index (κ3) is 2.75. The molecule has 0 aliphatic carbocycles. The van der Waals surface area contributed by atoms with Crippen molar-refractivity contribution in [1.82, 2.24) is 4.98 Å². The molecule has 0 aliphatic heterocycles. The number of aromatic nitrogens is 1. The molecule has 2 rings (SSSR count). The number of rotatable bonds is 3. The van der Waals surface area contributed by atoms with Crippen LogP contribution in [-0.2, 0) is 6.42 Å². The predicted molar refractivity (Wildman–Crippen MR) is 68.8 cm³/mol. The van der Waals surface area contributed by atoms with Crippen LogP contribution in [0.15, 0.2) is 42.7 Å². The molecule has 0 radical (unpaired) electrons. The molecule has 1 heterocycles. The van der Waals surface area contributed by atoms with Crippen molar-refractivity contribution in [3.8, 4) is 0 Å². The number of aliphatic hydroxyl groups excluding tert-OH is 1. The van der Waals surface area contributed by atoms with Crippen LogP contribution in [0, 0.1) is 0 Å². The number of anilines is 1. The average molecular weight is 249 g/mol. The minimum Gasteiger partial charge on any atom is -0.398 e. The van der Waals surface area contributed by atoms with E-state index in [1.165, 1.54) is 0 Å². The van der Waals surface area contributed by atoms with E-state index in [1.807, 2.05) is 12.1 Å². The maximum atomic E-state index is 10.1. The van der Waals surface area contributed by atoms with Crippen molar-refractivity contribution in [1.29, 1.82) is 0 Å². The third-order valence-corrected chi connectivity index (χ3v) is 2.96. The molecule has 1 atom stereocenters. The van der Waals surface area contributed by atoms with Crippen molar-refractivity contribution in [2.24, 2.45) is 0 Å². The second kappa shape index (κ2) is 5.17. The molecule has 1 unspecified atom stereocenters. The fourth-order valence-electron chi connectivity index (χ4n) is 1.67. The highest BCUT2D eigenvalue weighted by atomic mass is 35.5. The van der Waals surface area contributed by atoms with Crippen molar-refractivity contribution in [3.05, 3.63) is 58.9 Å². The van der Waals surface area contributed by atoms with Gasteiger partial charge in [-0.1, -0.05) is 29.8 Å². The van der Waals surface area contributed by atoms with Gasteiger partial charge in [-0.2, -0.15) is 0 Å². The lowest BCUT2D eigenvalue weighted by Crippen LogP contribution is -2.05. The molecule has 0 aliphatic rings. The molecule has 0 fully saturated rings. The van der Waals surface area contributed by atoms with Gasteiger partial charge in [-0.25, -0.2) is 0 Å². The van der Waals surface area contributed by atoms with Gasteiger partial charge >= 0.3 is 0 Å². The Labute approximate surface area is 105 Å². The first-order chi connectivity index (χ1) is 8.18. The molecule has 88 valence electrons. The molecule has 2 aromatic rings. The van der Waals surface area contributed by atoms with Crippen LogP contribution in [0.4, 0.5) is 5.69 Å². The fourth-order valence-corrected chi connectivity index (χ4v) is 1.93. The van der Waals surface area contributed by atoms with Gasteiger partial charge in [-0.3, -0.25) is 4.98 Å². The van der Waals surface area contributed by atoms with E-state index in [0.29, 0.717) is 22.7 Å². The molecule has 0 saturated carbocycles. The predicted octanol–water partition coefficient (Wildman–Crippen LogP) is 2.59. The van der Waals surface area contributed by atoms with E-state index in [9.17, 15) is 5.11 Å². The lowest BCUT2D eigenvalue weighted by atomic mass is 10.0. The van der Waals surface area contributed by atoms with Crippen LogP contribution in [-0.4, -0.2) is 10.1 Å². The summed E-state index contributed by atoms with van der Waals surface area (Å²) in [7, 11) is 0. The van der Waals surface area contributed by atoms with E-state index in [2.05, 4.69) is 4.98 Å². The molecule has 0 bridgehead atoms. The van der Waals surface area contributed by atoms with Gasteiger partial charge in [-0.15, -0.1) is 0 Å². The molecule has 1 aromatic heterocycles. The number of halogens is 1. The Hall–Kier alpha value is -1.58. The normalized spacial score (nSPS) is 12.4. The second-order valence-corrected chi connectivity index (χ2v) is 4.22. The van der Waals surface area contributed by atoms with E-state index in [-0.39, 0.29) is 0 Å². The number of nitrogens with two attached hydrogens (primary N) is 1. The Bertz CT molecular complexity index is 516. The SMILES string of the molecule is Nc1ccncc1CC(O)c1ccccc1Cl. The van der Waals surface area contributed by atoms with Crippen molar-refractivity contribution < 1.29 is 5.11 Å². The molecular weight excluding hydrogens is 236 g/mol. The Morgan fingerprint density at radius 1 is 1.29 bits per heavy atom. The Morgan fingerprint density at radius 2 is 2.06 bits per heavy atom. The first-order valence-electron chi connectivity index (χ1n) is 5.29. The summed E-state index contributed by atoms with van der Waals surface area (Å²) in [5.74, 6) is 0. The first-order valence-corrected chi connectivity index (χ1v) is 5.67. The van der Waals surface area contributed by atoms with Gasteiger partial charge in [0.1, 0.15) is 0 Å². The van der Waals surface area contributed by atoms with Crippen LogP contribution >= 0.6 is 11.6 Å². The van der Waals surface area contributed by atoms with Crippen molar-refractivity contribution in [2.45, 2.75) is 12.5 Å². The highest BCUT2D eigenvalue weighted by Crippen LogP contribution is 2.26. The summed E-state index contributed by atoms with van der Waals surface area (Å²) in [5, 5.41) is 10.7. The number of aliphatic hydroxyl groups is 1. The highest BCUT2D eigenvalue weighted by Gasteiger charge is 2.13. The number of pyridine rings is 1. The standard InChI is InChI=1S/C13H13ClN2O/c14-11-4-2-1-3-10(11)13(17)7-9-8-16-6-5-12(9)15/h1-6,8,13,17H,7H2,(H2,15,16). The van der Waals surface area contributed by atoms with E-state index in [0.717, 1.165) is 5.56 Å². The second-order valence-electron chi connectivity index (χ2n) is 3.82.